The largest absolute Gasteiger partial charge is 0.329 e. The number of hydrogen-bond donors (Lipinski definition) is 1. The van der Waals surface area contributed by atoms with Crippen molar-refractivity contribution in [3.8, 4) is 0 Å². The van der Waals surface area contributed by atoms with E-state index in [0.717, 1.165) is 18.5 Å². The van der Waals surface area contributed by atoms with Crippen LogP contribution >= 0.6 is 0 Å². The molecule has 20 heavy (non-hydrogen) atoms. The van der Waals surface area contributed by atoms with Gasteiger partial charge in [-0.1, -0.05) is 46.0 Å². The molecule has 0 amide bonds. The molecular weight excluding hydrogens is 244 g/mol. The van der Waals surface area contributed by atoms with E-state index in [0.29, 0.717) is 5.54 Å². The van der Waals surface area contributed by atoms with Gasteiger partial charge in [-0.15, -0.1) is 0 Å². The highest BCUT2D eigenvalue weighted by Crippen LogP contribution is 2.39. The Hall–Kier alpha value is -0.0800. The smallest absolute Gasteiger partial charge is 0.0334 e. The van der Waals surface area contributed by atoms with Crippen LogP contribution in [0.5, 0.6) is 0 Å². The fraction of sp³-hybridized carbons (Fsp3) is 1.00. The molecule has 1 aliphatic heterocycles. The number of rotatable bonds is 5. The van der Waals surface area contributed by atoms with E-state index >= 15 is 0 Å². The van der Waals surface area contributed by atoms with E-state index in [1.807, 2.05) is 0 Å². The van der Waals surface area contributed by atoms with Crippen LogP contribution < -0.4 is 5.73 Å². The van der Waals surface area contributed by atoms with Gasteiger partial charge in [0, 0.05) is 18.1 Å². The molecule has 1 heterocycles. The van der Waals surface area contributed by atoms with Crippen molar-refractivity contribution in [2.75, 3.05) is 13.1 Å². The Morgan fingerprint density at radius 2 is 1.90 bits per heavy atom. The summed E-state index contributed by atoms with van der Waals surface area (Å²) in [5.74, 6) is 0.971. The number of nitrogens with two attached hydrogens (primary N) is 1. The van der Waals surface area contributed by atoms with E-state index < -0.39 is 0 Å². The van der Waals surface area contributed by atoms with Gasteiger partial charge in [0.05, 0.1) is 0 Å². The number of nitrogens with zero attached hydrogens (tertiary/aromatic N) is 1. The number of likely N-dealkylation sites (tertiary alicyclic amines) is 1. The van der Waals surface area contributed by atoms with Gasteiger partial charge in [-0.25, -0.2) is 0 Å². The summed E-state index contributed by atoms with van der Waals surface area (Å²) in [4.78, 5) is 2.85. The van der Waals surface area contributed by atoms with Crippen LogP contribution in [0.25, 0.3) is 0 Å². The zero-order valence-corrected chi connectivity index (χ0v) is 13.9. The zero-order chi connectivity index (χ0) is 14.4. The van der Waals surface area contributed by atoms with Crippen molar-refractivity contribution >= 4 is 0 Å². The molecule has 2 heteroatoms. The molecular formula is C18H36N2. The maximum Gasteiger partial charge on any atom is 0.0334 e. The molecule has 1 aliphatic carbocycles. The van der Waals surface area contributed by atoms with Gasteiger partial charge in [-0.05, 0) is 51.0 Å². The summed E-state index contributed by atoms with van der Waals surface area (Å²) < 4.78 is 0. The third-order valence-corrected chi connectivity index (χ3v) is 6.06. The van der Waals surface area contributed by atoms with E-state index in [9.17, 15) is 0 Å². The minimum Gasteiger partial charge on any atom is -0.329 e. The normalized spacial score (nSPS) is 36.8. The van der Waals surface area contributed by atoms with Crippen molar-refractivity contribution in [3.63, 3.8) is 0 Å². The lowest BCUT2D eigenvalue weighted by Gasteiger charge is -2.49. The maximum absolute atomic E-state index is 6.33. The molecule has 1 saturated carbocycles. The molecule has 2 nitrogen and oxygen atoms in total. The third kappa shape index (κ3) is 3.57. The Morgan fingerprint density at radius 1 is 1.05 bits per heavy atom. The highest BCUT2D eigenvalue weighted by atomic mass is 15.2. The second kappa shape index (κ2) is 7.79. The third-order valence-electron chi connectivity index (χ3n) is 6.06. The summed E-state index contributed by atoms with van der Waals surface area (Å²) in [6, 6.07) is 0.801. The quantitative estimate of drug-likeness (QED) is 0.760. The Balaban J connectivity index is 2.07. The van der Waals surface area contributed by atoms with E-state index in [4.69, 9.17) is 5.73 Å². The van der Waals surface area contributed by atoms with Crippen molar-refractivity contribution in [2.24, 2.45) is 11.7 Å². The average Bonchev–Trinajstić information content (AvgIpc) is 2.71. The van der Waals surface area contributed by atoms with Crippen LogP contribution in [0.3, 0.4) is 0 Å². The van der Waals surface area contributed by atoms with Crippen LogP contribution in [0.15, 0.2) is 0 Å². The second-order valence-corrected chi connectivity index (χ2v) is 7.27. The Labute approximate surface area is 126 Å². The highest BCUT2D eigenvalue weighted by Gasteiger charge is 2.40. The lowest BCUT2D eigenvalue weighted by atomic mass is 9.83. The molecule has 3 unspecified atom stereocenters. The molecule has 2 rings (SSSR count). The van der Waals surface area contributed by atoms with Crippen LogP contribution in [-0.2, 0) is 0 Å². The lowest BCUT2D eigenvalue weighted by Crippen LogP contribution is -2.59. The molecule has 0 aromatic heterocycles. The summed E-state index contributed by atoms with van der Waals surface area (Å²) in [6.07, 6.45) is 15.2. The molecule has 0 aromatic carbocycles. The van der Waals surface area contributed by atoms with Gasteiger partial charge in [-0.3, -0.25) is 4.90 Å². The first-order valence-electron chi connectivity index (χ1n) is 9.22. The van der Waals surface area contributed by atoms with E-state index in [-0.39, 0.29) is 0 Å². The Morgan fingerprint density at radius 3 is 2.60 bits per heavy atom. The van der Waals surface area contributed by atoms with Crippen molar-refractivity contribution in [3.05, 3.63) is 0 Å². The summed E-state index contributed by atoms with van der Waals surface area (Å²) in [5, 5.41) is 0. The fourth-order valence-corrected chi connectivity index (χ4v) is 4.82. The SMILES string of the molecule is CCCC1CCCC(CN)(N2CCCCC2CC)CC1. The van der Waals surface area contributed by atoms with Gasteiger partial charge < -0.3 is 5.73 Å². The molecule has 0 aromatic rings. The molecule has 1 saturated heterocycles. The minimum atomic E-state index is 0.337. The van der Waals surface area contributed by atoms with Gasteiger partial charge >= 0.3 is 0 Å². The monoisotopic (exact) mass is 280 g/mol. The number of piperidine rings is 1. The van der Waals surface area contributed by atoms with E-state index in [1.165, 1.54) is 77.2 Å². The molecule has 0 radical (unpaired) electrons. The van der Waals surface area contributed by atoms with E-state index in [2.05, 4.69) is 18.7 Å². The zero-order valence-electron chi connectivity index (χ0n) is 13.9. The highest BCUT2D eigenvalue weighted by molar-refractivity contribution is 4.98. The number of hydrogen-bond acceptors (Lipinski definition) is 2. The molecule has 2 aliphatic rings. The van der Waals surface area contributed by atoms with Gasteiger partial charge in [0.2, 0.25) is 0 Å². The molecule has 2 N–H and O–H groups in total. The standard InChI is InChI=1S/C18H36N2/c1-3-8-16-9-7-12-18(15-19,13-11-16)20-14-6-5-10-17(20)4-2/h16-17H,3-15,19H2,1-2H3. The van der Waals surface area contributed by atoms with Crippen molar-refractivity contribution in [1.29, 1.82) is 0 Å². The molecule has 0 spiro atoms. The van der Waals surface area contributed by atoms with Crippen LogP contribution in [0.1, 0.15) is 84.5 Å². The van der Waals surface area contributed by atoms with Crippen molar-refractivity contribution < 1.29 is 0 Å². The molecule has 0 bridgehead atoms. The Bertz CT molecular complexity index is 279. The van der Waals surface area contributed by atoms with Crippen molar-refractivity contribution in [2.45, 2.75) is 96.1 Å². The predicted molar refractivity (Wildman–Crippen MR) is 87.9 cm³/mol. The second-order valence-electron chi connectivity index (χ2n) is 7.27. The van der Waals surface area contributed by atoms with Gasteiger partial charge in [0.15, 0.2) is 0 Å². The summed E-state index contributed by atoms with van der Waals surface area (Å²) in [5.41, 5.74) is 6.67. The lowest BCUT2D eigenvalue weighted by molar-refractivity contribution is 0.00887. The topological polar surface area (TPSA) is 29.3 Å². The average molecular weight is 280 g/mol. The van der Waals surface area contributed by atoms with Crippen LogP contribution in [0.2, 0.25) is 0 Å². The van der Waals surface area contributed by atoms with Crippen LogP contribution in [0.4, 0.5) is 0 Å². The molecule has 118 valence electrons. The maximum atomic E-state index is 6.33. The summed E-state index contributed by atoms with van der Waals surface area (Å²) in [7, 11) is 0. The summed E-state index contributed by atoms with van der Waals surface area (Å²) in [6.45, 7) is 6.87. The van der Waals surface area contributed by atoms with Gasteiger partial charge in [0.25, 0.3) is 0 Å². The first-order valence-corrected chi connectivity index (χ1v) is 9.22. The van der Waals surface area contributed by atoms with Gasteiger partial charge in [0.1, 0.15) is 0 Å². The van der Waals surface area contributed by atoms with Gasteiger partial charge in [-0.2, -0.15) is 0 Å². The molecule has 3 atom stereocenters. The first-order chi connectivity index (χ1) is 9.75. The summed E-state index contributed by atoms with van der Waals surface area (Å²) >= 11 is 0. The first kappa shape index (κ1) is 16.3. The predicted octanol–water partition coefficient (Wildman–Crippen LogP) is 4.33. The van der Waals surface area contributed by atoms with Crippen molar-refractivity contribution in [1.82, 2.24) is 4.90 Å². The van der Waals surface area contributed by atoms with Crippen LogP contribution in [0, 0.1) is 5.92 Å². The molecule has 2 fully saturated rings. The Kier molecular flexibility index (Phi) is 6.35. The minimum absolute atomic E-state index is 0.337. The van der Waals surface area contributed by atoms with E-state index in [1.54, 1.807) is 0 Å². The van der Waals surface area contributed by atoms with Crippen LogP contribution in [-0.4, -0.2) is 29.6 Å². The fourth-order valence-electron chi connectivity index (χ4n) is 4.82.